The van der Waals surface area contributed by atoms with Gasteiger partial charge >= 0.3 is 0 Å². The summed E-state index contributed by atoms with van der Waals surface area (Å²) in [6.07, 6.45) is 8.45. The number of hydrogen-bond donors (Lipinski definition) is 1. The van der Waals surface area contributed by atoms with Gasteiger partial charge in [-0.1, -0.05) is 40.0 Å². The van der Waals surface area contributed by atoms with Crippen LogP contribution in [0.1, 0.15) is 46.5 Å². The zero-order chi connectivity index (χ0) is 13.4. The number of unbranched alkanes of at least 4 members (excludes halogenated alkanes) is 2. The Morgan fingerprint density at radius 1 is 1.22 bits per heavy atom. The number of rotatable bonds is 8. The summed E-state index contributed by atoms with van der Waals surface area (Å²) in [6, 6.07) is 0. The van der Waals surface area contributed by atoms with Crippen LogP contribution in [0.4, 0.5) is 5.95 Å². The highest BCUT2D eigenvalue weighted by Gasteiger charge is 2.17. The van der Waals surface area contributed by atoms with Gasteiger partial charge in [0.25, 0.3) is 0 Å². The first-order chi connectivity index (χ1) is 8.57. The molecule has 0 aliphatic heterocycles. The molecule has 0 radical (unpaired) electrons. The maximum Gasteiger partial charge on any atom is 0.222 e. The lowest BCUT2D eigenvalue weighted by molar-refractivity contribution is 0.342. The van der Waals surface area contributed by atoms with Crippen LogP contribution < -0.4 is 10.1 Å². The van der Waals surface area contributed by atoms with E-state index in [0.29, 0.717) is 11.7 Å². The minimum atomic E-state index is 0.276. The van der Waals surface area contributed by atoms with Gasteiger partial charge in [0.15, 0.2) is 5.75 Å². The number of anilines is 1. The quantitative estimate of drug-likeness (QED) is 0.718. The van der Waals surface area contributed by atoms with Crippen LogP contribution in [0.5, 0.6) is 5.75 Å². The molecule has 0 saturated carbocycles. The van der Waals surface area contributed by atoms with Crippen molar-refractivity contribution in [2.75, 3.05) is 19.0 Å². The maximum absolute atomic E-state index is 5.03. The third-order valence-corrected chi connectivity index (χ3v) is 3.05. The van der Waals surface area contributed by atoms with Gasteiger partial charge in [-0.2, -0.15) is 0 Å². The van der Waals surface area contributed by atoms with Gasteiger partial charge in [-0.3, -0.25) is 0 Å². The molecule has 102 valence electrons. The number of methoxy groups -OCH3 is 1. The SMILES string of the molecule is CCCCCC(C)(C)CNc1ncc(OC)cn1. The minimum Gasteiger partial charge on any atom is -0.494 e. The fraction of sp³-hybridized carbons (Fsp3) is 0.714. The Morgan fingerprint density at radius 2 is 1.89 bits per heavy atom. The van der Waals surface area contributed by atoms with Crippen molar-refractivity contribution >= 4 is 5.95 Å². The van der Waals surface area contributed by atoms with Gasteiger partial charge in [0.1, 0.15) is 0 Å². The molecular formula is C14H25N3O. The van der Waals surface area contributed by atoms with Gasteiger partial charge in [0.05, 0.1) is 19.5 Å². The van der Waals surface area contributed by atoms with Gasteiger partial charge < -0.3 is 10.1 Å². The number of nitrogens with zero attached hydrogens (tertiary/aromatic N) is 2. The van der Waals surface area contributed by atoms with Crippen LogP contribution in [0, 0.1) is 5.41 Å². The van der Waals surface area contributed by atoms with Crippen molar-refractivity contribution in [3.63, 3.8) is 0 Å². The maximum atomic E-state index is 5.03. The highest BCUT2D eigenvalue weighted by atomic mass is 16.5. The Hall–Kier alpha value is -1.32. The standard InChI is InChI=1S/C14H25N3O/c1-5-6-7-8-14(2,3)11-17-13-15-9-12(18-4)10-16-13/h9-10H,5-8,11H2,1-4H3,(H,15,16,17). The Balaban J connectivity index is 2.37. The van der Waals surface area contributed by atoms with Crippen molar-refractivity contribution in [3.8, 4) is 5.75 Å². The molecule has 1 heterocycles. The van der Waals surface area contributed by atoms with Crippen molar-refractivity contribution in [2.45, 2.75) is 46.5 Å². The van der Waals surface area contributed by atoms with Gasteiger partial charge in [-0.15, -0.1) is 0 Å². The van der Waals surface area contributed by atoms with E-state index >= 15 is 0 Å². The summed E-state index contributed by atoms with van der Waals surface area (Å²) in [6.45, 7) is 7.68. The van der Waals surface area contributed by atoms with Gasteiger partial charge in [0.2, 0.25) is 5.95 Å². The zero-order valence-electron chi connectivity index (χ0n) is 12.0. The monoisotopic (exact) mass is 251 g/mol. The van der Waals surface area contributed by atoms with E-state index in [2.05, 4.69) is 36.1 Å². The largest absolute Gasteiger partial charge is 0.494 e. The van der Waals surface area contributed by atoms with Crippen LogP contribution in [0.3, 0.4) is 0 Å². The average Bonchev–Trinajstić information content (AvgIpc) is 2.37. The van der Waals surface area contributed by atoms with Crippen LogP contribution in [0.15, 0.2) is 12.4 Å². The van der Waals surface area contributed by atoms with Crippen molar-refractivity contribution in [2.24, 2.45) is 5.41 Å². The molecule has 0 fully saturated rings. The third kappa shape index (κ3) is 5.34. The molecule has 1 aromatic heterocycles. The van der Waals surface area contributed by atoms with Crippen LogP contribution >= 0.6 is 0 Å². The van der Waals surface area contributed by atoms with E-state index in [1.54, 1.807) is 19.5 Å². The molecule has 0 aliphatic rings. The second kappa shape index (κ2) is 7.19. The molecule has 18 heavy (non-hydrogen) atoms. The lowest BCUT2D eigenvalue weighted by Crippen LogP contribution is -2.23. The van der Waals surface area contributed by atoms with E-state index in [1.807, 2.05) is 0 Å². The first kappa shape index (κ1) is 14.7. The summed E-state index contributed by atoms with van der Waals surface area (Å²) in [5.74, 6) is 1.35. The lowest BCUT2D eigenvalue weighted by Gasteiger charge is -2.24. The molecule has 0 bridgehead atoms. The van der Waals surface area contributed by atoms with E-state index in [-0.39, 0.29) is 5.41 Å². The molecule has 0 atom stereocenters. The predicted molar refractivity (Wildman–Crippen MR) is 75.0 cm³/mol. The molecule has 4 nitrogen and oxygen atoms in total. The van der Waals surface area contributed by atoms with Crippen LogP contribution in [0.2, 0.25) is 0 Å². The second-order valence-corrected chi connectivity index (χ2v) is 5.42. The molecular weight excluding hydrogens is 226 g/mol. The molecule has 0 saturated heterocycles. The minimum absolute atomic E-state index is 0.276. The zero-order valence-corrected chi connectivity index (χ0v) is 12.0. The predicted octanol–water partition coefficient (Wildman–Crippen LogP) is 3.50. The Labute approximate surface area is 110 Å². The molecule has 1 aromatic rings. The van der Waals surface area contributed by atoms with E-state index in [9.17, 15) is 0 Å². The topological polar surface area (TPSA) is 47.0 Å². The fourth-order valence-corrected chi connectivity index (χ4v) is 1.77. The van der Waals surface area contributed by atoms with Gasteiger partial charge in [-0.25, -0.2) is 9.97 Å². The Morgan fingerprint density at radius 3 is 2.44 bits per heavy atom. The normalized spacial score (nSPS) is 11.3. The van der Waals surface area contributed by atoms with Gasteiger partial charge in [-0.05, 0) is 11.8 Å². The smallest absolute Gasteiger partial charge is 0.222 e. The lowest BCUT2D eigenvalue weighted by atomic mass is 9.87. The molecule has 4 heteroatoms. The average molecular weight is 251 g/mol. The summed E-state index contributed by atoms with van der Waals surface area (Å²) >= 11 is 0. The molecule has 1 rings (SSSR count). The fourth-order valence-electron chi connectivity index (χ4n) is 1.77. The molecule has 0 aliphatic carbocycles. The van der Waals surface area contributed by atoms with E-state index < -0.39 is 0 Å². The molecule has 0 aromatic carbocycles. The van der Waals surface area contributed by atoms with Crippen molar-refractivity contribution in [1.29, 1.82) is 0 Å². The summed E-state index contributed by atoms with van der Waals surface area (Å²) in [5, 5.41) is 3.29. The summed E-state index contributed by atoms with van der Waals surface area (Å²) in [5.41, 5.74) is 0.276. The van der Waals surface area contributed by atoms with Crippen LogP contribution in [-0.2, 0) is 0 Å². The molecule has 0 unspecified atom stereocenters. The van der Waals surface area contributed by atoms with E-state index in [1.165, 1.54) is 25.7 Å². The summed E-state index contributed by atoms with van der Waals surface area (Å²) < 4.78 is 5.03. The van der Waals surface area contributed by atoms with Crippen LogP contribution in [-0.4, -0.2) is 23.6 Å². The summed E-state index contributed by atoms with van der Waals surface area (Å²) in [7, 11) is 1.61. The Kier molecular flexibility index (Phi) is 5.89. The number of ether oxygens (including phenoxy) is 1. The number of nitrogens with one attached hydrogen (secondary N) is 1. The van der Waals surface area contributed by atoms with E-state index in [0.717, 1.165) is 6.54 Å². The first-order valence-electron chi connectivity index (χ1n) is 6.67. The molecule has 0 amide bonds. The highest BCUT2D eigenvalue weighted by molar-refractivity contribution is 5.27. The number of aromatic nitrogens is 2. The summed E-state index contributed by atoms with van der Waals surface area (Å²) in [4.78, 5) is 8.40. The molecule has 0 spiro atoms. The van der Waals surface area contributed by atoms with Crippen LogP contribution in [0.25, 0.3) is 0 Å². The van der Waals surface area contributed by atoms with E-state index in [4.69, 9.17) is 4.74 Å². The first-order valence-corrected chi connectivity index (χ1v) is 6.67. The van der Waals surface area contributed by atoms with Crippen molar-refractivity contribution in [1.82, 2.24) is 9.97 Å². The number of hydrogen-bond acceptors (Lipinski definition) is 4. The second-order valence-electron chi connectivity index (χ2n) is 5.42. The Bertz CT molecular complexity index is 335. The highest BCUT2D eigenvalue weighted by Crippen LogP contribution is 2.23. The third-order valence-electron chi connectivity index (χ3n) is 3.05. The van der Waals surface area contributed by atoms with Crippen molar-refractivity contribution in [3.05, 3.63) is 12.4 Å². The molecule has 1 N–H and O–H groups in total. The van der Waals surface area contributed by atoms with Crippen molar-refractivity contribution < 1.29 is 4.74 Å². The van der Waals surface area contributed by atoms with Gasteiger partial charge in [0, 0.05) is 6.54 Å².